The van der Waals surface area contributed by atoms with Crippen molar-refractivity contribution >= 4 is 7.71 Å². The average Bonchev–Trinajstić information content (AvgIpc) is 0.811. The first kappa shape index (κ1) is 27.5. The highest BCUT2D eigenvalue weighted by Gasteiger charge is 1.71. The van der Waals surface area contributed by atoms with Crippen molar-refractivity contribution < 1.29 is 0 Å². The summed E-state index contributed by atoms with van der Waals surface area (Å²) in [6.07, 6.45) is 0. The fourth-order valence-corrected chi connectivity index (χ4v) is 0. The number of nitrogens with one attached hydrogen (secondary N) is 1. The molecule has 1 nitrogen and oxygen atoms in total. The maximum atomic E-state index is 6.65. The summed E-state index contributed by atoms with van der Waals surface area (Å²) in [5.74, 6) is 0. The molecule has 0 aliphatic carbocycles. The van der Waals surface area contributed by atoms with E-state index in [1.807, 2.05) is 13.3 Å². The van der Waals surface area contributed by atoms with Crippen LogP contribution in [0.3, 0.4) is 0 Å². The van der Waals surface area contributed by atoms with E-state index in [1.165, 1.54) is 0 Å². The lowest BCUT2D eigenvalue weighted by Crippen LogP contribution is -1.31. The molecule has 0 bridgehead atoms. The van der Waals surface area contributed by atoms with Gasteiger partial charge in [-0.3, -0.25) is 0 Å². The van der Waals surface area contributed by atoms with Gasteiger partial charge in [0.05, 0.1) is 0 Å². The van der Waals surface area contributed by atoms with Gasteiger partial charge in [-0.1, -0.05) is 22.3 Å². The standard InChI is InChI=1S/C2H7NP.3CH4/c1-4(2)3;;;/h3H,1-2H3;3*1H4/q+1;;;. The van der Waals surface area contributed by atoms with Crippen LogP contribution in [0.2, 0.25) is 0 Å². The molecule has 0 radical (unpaired) electrons. The Morgan fingerprint density at radius 3 is 1.00 bits per heavy atom. The monoisotopic (exact) mass is 124 g/mol. The first-order valence-electron chi connectivity index (χ1n) is 1.12. The van der Waals surface area contributed by atoms with Gasteiger partial charge in [0.1, 0.15) is 13.3 Å². The fraction of sp³-hybridized carbons (Fsp3) is 1.00. The molecule has 0 rings (SSSR count). The van der Waals surface area contributed by atoms with E-state index in [2.05, 4.69) is 0 Å². The van der Waals surface area contributed by atoms with Crippen molar-refractivity contribution in [1.82, 2.24) is 0 Å². The SMILES string of the molecule is C.C.C.C[P+](C)=N. The lowest BCUT2D eigenvalue weighted by Gasteiger charge is -1.46. The second-order valence-corrected chi connectivity index (χ2v) is 2.68. The van der Waals surface area contributed by atoms with Gasteiger partial charge >= 0.3 is 0 Å². The molecule has 48 valence electrons. The molecule has 0 saturated heterocycles. The van der Waals surface area contributed by atoms with Crippen molar-refractivity contribution in [1.29, 1.82) is 5.16 Å². The van der Waals surface area contributed by atoms with E-state index in [9.17, 15) is 0 Å². The minimum Gasteiger partial charge on any atom is -0.125 e. The molecule has 2 heteroatoms. The molecule has 0 heterocycles. The summed E-state index contributed by atoms with van der Waals surface area (Å²) in [7, 11) is -0.370. The smallest absolute Gasteiger partial charge is 0.125 e. The van der Waals surface area contributed by atoms with Crippen molar-refractivity contribution in [3.05, 3.63) is 0 Å². The number of hydrogen-bond acceptors (Lipinski definition) is 1. The Hall–Kier alpha value is 0.100. The molecule has 1 N–H and O–H groups in total. The number of hydrogen-bond donors (Lipinski definition) is 1. The molecule has 0 spiro atoms. The maximum absolute atomic E-state index is 6.65. The molecule has 0 aromatic rings. The van der Waals surface area contributed by atoms with Gasteiger partial charge in [-0.15, -0.1) is 5.16 Å². The Morgan fingerprint density at radius 2 is 1.00 bits per heavy atom. The summed E-state index contributed by atoms with van der Waals surface area (Å²) < 4.78 is 0. The van der Waals surface area contributed by atoms with Crippen molar-refractivity contribution in [2.75, 3.05) is 13.3 Å². The van der Waals surface area contributed by atoms with Crippen molar-refractivity contribution in [2.45, 2.75) is 22.3 Å². The van der Waals surface area contributed by atoms with Crippen molar-refractivity contribution in [3.63, 3.8) is 0 Å². The summed E-state index contributed by atoms with van der Waals surface area (Å²) in [6.45, 7) is 3.80. The molecule has 0 aliphatic rings. The van der Waals surface area contributed by atoms with Gasteiger partial charge in [0, 0.05) is 0 Å². The number of rotatable bonds is 0. The molecule has 0 atom stereocenters. The summed E-state index contributed by atoms with van der Waals surface area (Å²) in [4.78, 5) is 0. The summed E-state index contributed by atoms with van der Waals surface area (Å²) in [6, 6.07) is 0. The highest BCUT2D eigenvalue weighted by atomic mass is 31.1. The van der Waals surface area contributed by atoms with E-state index < -0.39 is 0 Å². The van der Waals surface area contributed by atoms with E-state index in [0.717, 1.165) is 0 Å². The normalized spacial score (nSPS) is 3.71. The molecule has 0 aromatic carbocycles. The molecule has 0 aliphatic heterocycles. The molecule has 0 fully saturated rings. The Balaban J connectivity index is -0.0000000150. The Labute approximate surface area is 49.4 Å². The highest BCUT2D eigenvalue weighted by Crippen LogP contribution is 2.02. The zero-order valence-corrected chi connectivity index (χ0v) is 3.84. The summed E-state index contributed by atoms with van der Waals surface area (Å²) >= 11 is 0. The second kappa shape index (κ2) is 16.5. The van der Waals surface area contributed by atoms with Crippen LogP contribution >= 0.6 is 7.71 Å². The van der Waals surface area contributed by atoms with E-state index in [4.69, 9.17) is 5.16 Å². The third kappa shape index (κ3) is 10300. The van der Waals surface area contributed by atoms with Crippen molar-refractivity contribution in [2.24, 2.45) is 0 Å². The molecule has 0 unspecified atom stereocenters. The Bertz CT molecular complexity index is 31.1. The third-order valence-electron chi connectivity index (χ3n) is 0. The first-order valence-corrected chi connectivity index (χ1v) is 3.35. The van der Waals surface area contributed by atoms with Gasteiger partial charge in [0.15, 0.2) is 7.71 Å². The Kier molecular flexibility index (Phi) is 64.8. The predicted octanol–water partition coefficient (Wildman–Crippen LogP) is 3.40. The third-order valence-corrected chi connectivity index (χ3v) is 0. The lowest BCUT2D eigenvalue weighted by atomic mass is 11.9. The van der Waals surface area contributed by atoms with Gasteiger partial charge in [-0.25, -0.2) is 0 Å². The van der Waals surface area contributed by atoms with Crippen LogP contribution < -0.4 is 0 Å². The van der Waals surface area contributed by atoms with Crippen LogP contribution in [0.4, 0.5) is 0 Å². The van der Waals surface area contributed by atoms with Crippen molar-refractivity contribution in [3.8, 4) is 0 Å². The quantitative estimate of drug-likeness (QED) is 0.478. The van der Waals surface area contributed by atoms with E-state index >= 15 is 0 Å². The molecular formula is C5H19NP+. The van der Waals surface area contributed by atoms with Crippen LogP contribution in [0.1, 0.15) is 22.3 Å². The van der Waals surface area contributed by atoms with Gasteiger partial charge in [0.25, 0.3) is 0 Å². The van der Waals surface area contributed by atoms with Gasteiger partial charge in [-0.05, 0) is 0 Å². The van der Waals surface area contributed by atoms with Gasteiger partial charge < -0.3 is 0 Å². The largest absolute Gasteiger partial charge is 0.189 e. The summed E-state index contributed by atoms with van der Waals surface area (Å²) in [5.41, 5.74) is 0. The van der Waals surface area contributed by atoms with Crippen LogP contribution in [-0.2, 0) is 0 Å². The lowest BCUT2D eigenvalue weighted by molar-refractivity contribution is 1.62. The molecule has 7 heavy (non-hydrogen) atoms. The fourth-order valence-electron chi connectivity index (χ4n) is 0. The zero-order valence-electron chi connectivity index (χ0n) is 2.95. The van der Waals surface area contributed by atoms with Crippen LogP contribution in [-0.4, -0.2) is 13.3 Å². The van der Waals surface area contributed by atoms with Crippen LogP contribution in [0.25, 0.3) is 0 Å². The minimum absolute atomic E-state index is 0. The average molecular weight is 124 g/mol. The van der Waals surface area contributed by atoms with E-state index in [0.29, 0.717) is 0 Å². The second-order valence-electron chi connectivity index (χ2n) is 0.894. The van der Waals surface area contributed by atoms with Gasteiger partial charge in [-0.2, -0.15) is 0 Å². The van der Waals surface area contributed by atoms with Gasteiger partial charge in [0.2, 0.25) is 0 Å². The first-order chi connectivity index (χ1) is 1.73. The van der Waals surface area contributed by atoms with Crippen LogP contribution in [0.5, 0.6) is 0 Å². The molecular weight excluding hydrogens is 105 g/mol. The van der Waals surface area contributed by atoms with E-state index in [1.54, 1.807) is 0 Å². The topological polar surface area (TPSA) is 23.9 Å². The maximum Gasteiger partial charge on any atom is 0.189 e. The zero-order chi connectivity index (χ0) is 3.58. The Morgan fingerprint density at radius 1 is 1.00 bits per heavy atom. The predicted molar refractivity (Wildman–Crippen MR) is 41.7 cm³/mol. The van der Waals surface area contributed by atoms with Crippen LogP contribution in [0.15, 0.2) is 0 Å². The van der Waals surface area contributed by atoms with Crippen LogP contribution in [0, 0.1) is 5.16 Å². The molecule has 0 saturated carbocycles. The van der Waals surface area contributed by atoms with E-state index in [-0.39, 0.29) is 30.0 Å². The molecule has 0 amide bonds. The highest BCUT2D eigenvalue weighted by molar-refractivity contribution is 7.44. The minimum atomic E-state index is -0.370. The molecule has 0 aromatic heterocycles. The summed E-state index contributed by atoms with van der Waals surface area (Å²) in [5, 5.41) is 6.65.